The van der Waals surface area contributed by atoms with Gasteiger partial charge in [0.2, 0.25) is 0 Å². The Bertz CT molecular complexity index is 351. The molecule has 0 amide bonds. The van der Waals surface area contributed by atoms with Crippen molar-refractivity contribution in [3.8, 4) is 0 Å². The molecule has 0 spiro atoms. The average Bonchev–Trinajstić information content (AvgIpc) is 2.80. The number of halogens is 1. The highest BCUT2D eigenvalue weighted by molar-refractivity contribution is 7.99. The van der Waals surface area contributed by atoms with Gasteiger partial charge in [-0.05, 0) is 36.6 Å². The van der Waals surface area contributed by atoms with E-state index in [9.17, 15) is 5.11 Å². The van der Waals surface area contributed by atoms with Crippen molar-refractivity contribution >= 4 is 23.4 Å². The summed E-state index contributed by atoms with van der Waals surface area (Å²) in [4.78, 5) is 1.10. The van der Waals surface area contributed by atoms with Gasteiger partial charge < -0.3 is 9.84 Å². The summed E-state index contributed by atoms with van der Waals surface area (Å²) in [5.41, 5.74) is 0.899. The van der Waals surface area contributed by atoms with Gasteiger partial charge in [0.05, 0.1) is 12.7 Å². The minimum atomic E-state index is 0.0361. The summed E-state index contributed by atoms with van der Waals surface area (Å²) in [7, 11) is 0. The van der Waals surface area contributed by atoms with E-state index in [0.717, 1.165) is 29.2 Å². The maximum atomic E-state index is 9.23. The fourth-order valence-corrected chi connectivity index (χ4v) is 3.07. The summed E-state index contributed by atoms with van der Waals surface area (Å²) in [5.74, 6) is 0.953. The first-order valence-electron chi connectivity index (χ1n) is 5.43. The number of aliphatic hydroxyl groups is 1. The monoisotopic (exact) mass is 258 g/mol. The van der Waals surface area contributed by atoms with Crippen molar-refractivity contribution < 1.29 is 9.84 Å². The third-order valence-corrected chi connectivity index (χ3v) is 4.12. The third kappa shape index (κ3) is 3.14. The standard InChI is InChI=1S/C12H15ClO2S/c13-10-3-4-12(9(6-10)7-14)16-8-11-2-1-5-15-11/h3-4,6,11,14H,1-2,5,7-8H2. The van der Waals surface area contributed by atoms with Crippen LogP contribution in [0.4, 0.5) is 0 Å². The molecule has 0 bridgehead atoms. The minimum Gasteiger partial charge on any atom is -0.392 e. The SMILES string of the molecule is OCc1cc(Cl)ccc1SCC1CCCO1. The third-order valence-electron chi connectivity index (χ3n) is 2.64. The van der Waals surface area contributed by atoms with E-state index in [1.807, 2.05) is 18.2 Å². The first kappa shape index (κ1) is 12.2. The fourth-order valence-electron chi connectivity index (χ4n) is 1.77. The molecule has 1 aliphatic rings. The van der Waals surface area contributed by atoms with Gasteiger partial charge in [-0.1, -0.05) is 11.6 Å². The van der Waals surface area contributed by atoms with Gasteiger partial charge in [0, 0.05) is 22.3 Å². The zero-order valence-electron chi connectivity index (χ0n) is 8.99. The summed E-state index contributed by atoms with van der Waals surface area (Å²) < 4.78 is 5.56. The van der Waals surface area contributed by atoms with Gasteiger partial charge in [0.15, 0.2) is 0 Å². The van der Waals surface area contributed by atoms with E-state index in [1.165, 1.54) is 6.42 Å². The maximum Gasteiger partial charge on any atom is 0.0693 e. The molecule has 1 N–H and O–H groups in total. The Morgan fingerprint density at radius 1 is 1.50 bits per heavy atom. The van der Waals surface area contributed by atoms with Gasteiger partial charge in [-0.3, -0.25) is 0 Å². The number of thioether (sulfide) groups is 1. The number of hydrogen-bond donors (Lipinski definition) is 1. The van der Waals surface area contributed by atoms with Crippen molar-refractivity contribution in [2.24, 2.45) is 0 Å². The van der Waals surface area contributed by atoms with Crippen LogP contribution in [0, 0.1) is 0 Å². The normalized spacial score (nSPS) is 20.2. The van der Waals surface area contributed by atoms with E-state index in [1.54, 1.807) is 11.8 Å². The highest BCUT2D eigenvalue weighted by Gasteiger charge is 2.16. The highest BCUT2D eigenvalue weighted by atomic mass is 35.5. The molecule has 1 aromatic rings. The Balaban J connectivity index is 1.97. The van der Waals surface area contributed by atoms with Crippen molar-refractivity contribution in [1.29, 1.82) is 0 Å². The summed E-state index contributed by atoms with van der Waals surface area (Å²) >= 11 is 7.61. The average molecular weight is 259 g/mol. The molecule has 16 heavy (non-hydrogen) atoms. The topological polar surface area (TPSA) is 29.5 Å². The molecule has 2 rings (SSSR count). The number of hydrogen-bond acceptors (Lipinski definition) is 3. The lowest BCUT2D eigenvalue weighted by Gasteiger charge is -2.11. The molecule has 88 valence electrons. The Labute approximate surface area is 105 Å². The lowest BCUT2D eigenvalue weighted by molar-refractivity contribution is 0.129. The predicted molar refractivity (Wildman–Crippen MR) is 67.1 cm³/mol. The molecular formula is C12H15ClO2S. The lowest BCUT2D eigenvalue weighted by atomic mass is 10.2. The minimum absolute atomic E-state index is 0.0361. The van der Waals surface area contributed by atoms with Crippen LogP contribution in [-0.4, -0.2) is 23.6 Å². The smallest absolute Gasteiger partial charge is 0.0693 e. The van der Waals surface area contributed by atoms with Gasteiger partial charge in [0.25, 0.3) is 0 Å². The molecular weight excluding hydrogens is 244 g/mol. The molecule has 1 heterocycles. The van der Waals surface area contributed by atoms with Gasteiger partial charge in [-0.15, -0.1) is 11.8 Å². The first-order valence-corrected chi connectivity index (χ1v) is 6.79. The molecule has 2 nitrogen and oxygen atoms in total. The Kier molecular flexibility index (Phi) is 4.53. The summed E-state index contributed by atoms with van der Waals surface area (Å²) in [6.45, 7) is 0.924. The van der Waals surface area contributed by atoms with E-state index in [2.05, 4.69) is 0 Å². The fraction of sp³-hybridized carbons (Fsp3) is 0.500. The molecule has 0 radical (unpaired) electrons. The molecule has 1 saturated heterocycles. The van der Waals surface area contributed by atoms with Gasteiger partial charge in [0.1, 0.15) is 0 Å². The van der Waals surface area contributed by atoms with Crippen molar-refractivity contribution in [1.82, 2.24) is 0 Å². The molecule has 0 aliphatic carbocycles. The van der Waals surface area contributed by atoms with Gasteiger partial charge in [-0.2, -0.15) is 0 Å². The molecule has 1 aliphatic heterocycles. The largest absolute Gasteiger partial charge is 0.392 e. The van der Waals surface area contributed by atoms with Crippen LogP contribution in [0.15, 0.2) is 23.1 Å². The zero-order chi connectivity index (χ0) is 11.4. The number of aliphatic hydroxyl groups excluding tert-OH is 1. The summed E-state index contributed by atoms with van der Waals surface area (Å²) in [5, 5.41) is 9.90. The Hall–Kier alpha value is -0.220. The van der Waals surface area contributed by atoms with Crippen LogP contribution >= 0.6 is 23.4 Å². The second-order valence-electron chi connectivity index (χ2n) is 3.86. The zero-order valence-corrected chi connectivity index (χ0v) is 10.6. The van der Waals surface area contributed by atoms with E-state index >= 15 is 0 Å². The Morgan fingerprint density at radius 3 is 3.06 bits per heavy atom. The molecule has 1 atom stereocenters. The highest BCUT2D eigenvalue weighted by Crippen LogP contribution is 2.28. The molecule has 1 fully saturated rings. The lowest BCUT2D eigenvalue weighted by Crippen LogP contribution is -2.08. The van der Waals surface area contributed by atoms with Crippen molar-refractivity contribution in [2.75, 3.05) is 12.4 Å². The van der Waals surface area contributed by atoms with Crippen LogP contribution in [0.5, 0.6) is 0 Å². The van der Waals surface area contributed by atoms with E-state index < -0.39 is 0 Å². The van der Waals surface area contributed by atoms with Gasteiger partial charge in [-0.25, -0.2) is 0 Å². The number of ether oxygens (including phenoxy) is 1. The second-order valence-corrected chi connectivity index (χ2v) is 5.35. The van der Waals surface area contributed by atoms with Crippen LogP contribution in [0.3, 0.4) is 0 Å². The quantitative estimate of drug-likeness (QED) is 0.842. The number of rotatable bonds is 4. The molecule has 1 unspecified atom stereocenters. The van der Waals surface area contributed by atoms with E-state index in [0.29, 0.717) is 11.1 Å². The summed E-state index contributed by atoms with van der Waals surface area (Å²) in [6, 6.07) is 5.64. The van der Waals surface area contributed by atoms with Crippen molar-refractivity contribution in [3.05, 3.63) is 28.8 Å². The van der Waals surface area contributed by atoms with Crippen LogP contribution in [-0.2, 0) is 11.3 Å². The molecule has 0 saturated carbocycles. The van der Waals surface area contributed by atoms with Crippen LogP contribution in [0.25, 0.3) is 0 Å². The predicted octanol–water partition coefficient (Wildman–Crippen LogP) is 3.10. The van der Waals surface area contributed by atoms with Gasteiger partial charge >= 0.3 is 0 Å². The molecule has 4 heteroatoms. The second kappa shape index (κ2) is 5.92. The summed E-state index contributed by atoms with van der Waals surface area (Å²) in [6.07, 6.45) is 2.68. The molecule has 0 aromatic heterocycles. The van der Waals surface area contributed by atoms with E-state index in [-0.39, 0.29) is 6.61 Å². The van der Waals surface area contributed by atoms with Crippen molar-refractivity contribution in [3.63, 3.8) is 0 Å². The maximum absolute atomic E-state index is 9.23. The van der Waals surface area contributed by atoms with E-state index in [4.69, 9.17) is 16.3 Å². The Morgan fingerprint density at radius 2 is 2.38 bits per heavy atom. The van der Waals surface area contributed by atoms with Crippen LogP contribution in [0.2, 0.25) is 5.02 Å². The number of benzene rings is 1. The molecule has 1 aromatic carbocycles. The van der Waals surface area contributed by atoms with Crippen molar-refractivity contribution in [2.45, 2.75) is 30.4 Å². The first-order chi connectivity index (χ1) is 7.79. The van der Waals surface area contributed by atoms with Crippen LogP contribution < -0.4 is 0 Å². The van der Waals surface area contributed by atoms with Crippen LogP contribution in [0.1, 0.15) is 18.4 Å².